The molecule has 2 aromatic rings. The van der Waals surface area contributed by atoms with E-state index in [9.17, 15) is 33.0 Å². The number of hydrazone groups is 1. The number of nitrogens with zero attached hydrogens (tertiary/aromatic N) is 3. The van der Waals surface area contributed by atoms with Gasteiger partial charge in [-0.25, -0.2) is 8.42 Å². The molecular formula is C16H12N3NaO7S. The molecule has 0 aliphatic carbocycles. The normalized spacial score (nSPS) is 16.5. The van der Waals surface area contributed by atoms with Gasteiger partial charge in [0.15, 0.2) is 5.75 Å². The van der Waals surface area contributed by atoms with Gasteiger partial charge in [0.1, 0.15) is 16.0 Å². The Morgan fingerprint density at radius 3 is 2.36 bits per heavy atom. The molecule has 1 atom stereocenters. The smallest absolute Gasteiger partial charge is 0.744 e. The van der Waals surface area contributed by atoms with Crippen molar-refractivity contribution in [3.05, 3.63) is 58.1 Å². The average molecular weight is 413 g/mol. The van der Waals surface area contributed by atoms with E-state index in [0.29, 0.717) is 11.8 Å². The zero-order chi connectivity index (χ0) is 19.9. The van der Waals surface area contributed by atoms with Crippen molar-refractivity contribution in [2.75, 3.05) is 5.01 Å². The summed E-state index contributed by atoms with van der Waals surface area (Å²) in [6.45, 7) is 1.45. The van der Waals surface area contributed by atoms with Gasteiger partial charge in [0, 0.05) is 11.6 Å². The third-order valence-electron chi connectivity index (χ3n) is 4.02. The number of hydrogen-bond donors (Lipinski definition) is 1. The van der Waals surface area contributed by atoms with Crippen LogP contribution in [-0.2, 0) is 14.9 Å². The number of phenols is 1. The van der Waals surface area contributed by atoms with E-state index in [4.69, 9.17) is 0 Å². The van der Waals surface area contributed by atoms with Gasteiger partial charge in [0.25, 0.3) is 5.91 Å². The molecule has 1 amide bonds. The monoisotopic (exact) mass is 413 g/mol. The Morgan fingerprint density at radius 1 is 1.21 bits per heavy atom. The first kappa shape index (κ1) is 22.0. The van der Waals surface area contributed by atoms with E-state index in [1.54, 1.807) is 30.3 Å². The number of hydrogen-bond acceptors (Lipinski definition) is 8. The van der Waals surface area contributed by atoms with Gasteiger partial charge in [-0.15, -0.1) is 0 Å². The van der Waals surface area contributed by atoms with Crippen molar-refractivity contribution in [2.45, 2.75) is 17.7 Å². The number of anilines is 1. The fourth-order valence-corrected chi connectivity index (χ4v) is 3.32. The molecule has 0 bridgehead atoms. The van der Waals surface area contributed by atoms with E-state index in [2.05, 4.69) is 5.10 Å². The van der Waals surface area contributed by atoms with Crippen molar-refractivity contribution in [1.29, 1.82) is 0 Å². The zero-order valence-corrected chi connectivity index (χ0v) is 17.6. The van der Waals surface area contributed by atoms with Gasteiger partial charge in [-0.2, -0.15) is 10.1 Å². The Morgan fingerprint density at radius 2 is 1.82 bits per heavy atom. The van der Waals surface area contributed by atoms with Gasteiger partial charge < -0.3 is 9.66 Å². The molecule has 10 nitrogen and oxygen atoms in total. The Bertz CT molecular complexity index is 1090. The average Bonchev–Trinajstić information content (AvgIpc) is 2.89. The summed E-state index contributed by atoms with van der Waals surface area (Å²) in [5.41, 5.74) is -0.760. The molecule has 1 N–H and O–H groups in total. The molecule has 12 heteroatoms. The first-order valence-corrected chi connectivity index (χ1v) is 8.93. The van der Waals surface area contributed by atoms with Crippen LogP contribution in [0.2, 0.25) is 0 Å². The van der Waals surface area contributed by atoms with Crippen molar-refractivity contribution >= 4 is 33.1 Å². The number of para-hydroxylation sites is 1. The Labute approximate surface area is 181 Å². The van der Waals surface area contributed by atoms with E-state index >= 15 is 0 Å². The summed E-state index contributed by atoms with van der Waals surface area (Å²) >= 11 is 0. The number of benzene rings is 2. The molecule has 1 aliphatic heterocycles. The summed E-state index contributed by atoms with van der Waals surface area (Å²) in [7, 11) is -5.06. The second-order valence-corrected chi connectivity index (χ2v) is 7.13. The van der Waals surface area contributed by atoms with Gasteiger partial charge >= 0.3 is 35.2 Å². The summed E-state index contributed by atoms with van der Waals surface area (Å²) in [5, 5.41) is 26.5. The standard InChI is InChI=1S/C16H13N3O7S.Na/c1-9-14(16(21)18(17-9)10-5-3-2-4-6-10)12-7-11(27(24,25)26)8-13(15(12)20)19(22)23;/h2-8,14,20H,1H3,(H,24,25,26);/q;+1/p-1. The summed E-state index contributed by atoms with van der Waals surface area (Å²) < 4.78 is 34.0. The fourth-order valence-electron chi connectivity index (χ4n) is 2.80. The third kappa shape index (κ3) is 3.93. The number of nitro benzene ring substituents is 1. The molecule has 2 aromatic carbocycles. The summed E-state index contributed by atoms with van der Waals surface area (Å²) in [6.07, 6.45) is 0. The maximum absolute atomic E-state index is 12.8. The molecule has 140 valence electrons. The minimum Gasteiger partial charge on any atom is -0.744 e. The molecule has 1 aliphatic rings. The molecule has 28 heavy (non-hydrogen) atoms. The van der Waals surface area contributed by atoms with Crippen LogP contribution in [0.25, 0.3) is 0 Å². The van der Waals surface area contributed by atoms with Gasteiger partial charge in [0.2, 0.25) is 0 Å². The van der Waals surface area contributed by atoms with Crippen molar-refractivity contribution < 1.29 is 57.4 Å². The number of rotatable bonds is 4. The third-order valence-corrected chi connectivity index (χ3v) is 4.83. The minimum atomic E-state index is -5.06. The molecular weight excluding hydrogens is 401 g/mol. The summed E-state index contributed by atoms with van der Waals surface area (Å²) in [5.74, 6) is -2.82. The van der Waals surface area contributed by atoms with Crippen molar-refractivity contribution in [2.24, 2.45) is 5.10 Å². The number of carbonyl (C=O) groups is 1. The molecule has 3 rings (SSSR count). The van der Waals surface area contributed by atoms with Crippen LogP contribution in [0.4, 0.5) is 11.4 Å². The second-order valence-electron chi connectivity index (χ2n) is 5.75. The van der Waals surface area contributed by atoms with Gasteiger partial charge in [0.05, 0.1) is 21.2 Å². The maximum Gasteiger partial charge on any atom is 1.00 e. The van der Waals surface area contributed by atoms with Crippen LogP contribution >= 0.6 is 0 Å². The van der Waals surface area contributed by atoms with Crippen LogP contribution in [0.5, 0.6) is 5.75 Å². The van der Waals surface area contributed by atoms with Crippen LogP contribution < -0.4 is 34.6 Å². The van der Waals surface area contributed by atoms with Crippen molar-refractivity contribution in [3.8, 4) is 5.75 Å². The van der Waals surface area contributed by atoms with E-state index < -0.39 is 43.2 Å². The molecule has 0 spiro atoms. The number of phenolic OH excluding ortho intramolecular Hbond substituents is 1. The van der Waals surface area contributed by atoms with E-state index in [1.807, 2.05) is 0 Å². The Balaban J connectivity index is 0.00000280. The topological polar surface area (TPSA) is 153 Å². The quantitative estimate of drug-likeness (QED) is 0.283. The van der Waals surface area contributed by atoms with Crippen LogP contribution in [0, 0.1) is 10.1 Å². The van der Waals surface area contributed by atoms with Crippen molar-refractivity contribution in [1.82, 2.24) is 0 Å². The van der Waals surface area contributed by atoms with Crippen molar-refractivity contribution in [3.63, 3.8) is 0 Å². The Kier molecular flexibility index (Phi) is 6.26. The predicted molar refractivity (Wildman–Crippen MR) is 92.5 cm³/mol. The predicted octanol–water partition coefficient (Wildman–Crippen LogP) is -1.29. The fraction of sp³-hybridized carbons (Fsp3) is 0.125. The van der Waals surface area contributed by atoms with Crippen LogP contribution in [0.15, 0.2) is 52.5 Å². The molecule has 1 unspecified atom stereocenters. The minimum absolute atomic E-state index is 0. The van der Waals surface area contributed by atoms with Crippen LogP contribution in [0.1, 0.15) is 18.4 Å². The molecule has 0 fully saturated rings. The van der Waals surface area contributed by atoms with Gasteiger partial charge in [-0.05, 0) is 25.1 Å². The zero-order valence-electron chi connectivity index (χ0n) is 14.8. The SMILES string of the molecule is CC1=NN(c2ccccc2)C(=O)C1c1cc(S(=O)(=O)[O-])cc([N+](=O)[O-])c1O.[Na+]. The van der Waals surface area contributed by atoms with Crippen LogP contribution in [0.3, 0.4) is 0 Å². The molecule has 0 aromatic heterocycles. The molecule has 0 radical (unpaired) electrons. The summed E-state index contributed by atoms with van der Waals surface area (Å²) in [6, 6.07) is 9.52. The number of aromatic hydroxyl groups is 1. The number of carbonyl (C=O) groups excluding carboxylic acids is 1. The second kappa shape index (κ2) is 7.97. The number of nitro groups is 1. The largest absolute Gasteiger partial charge is 1.00 e. The first-order valence-electron chi connectivity index (χ1n) is 7.52. The summed E-state index contributed by atoms with van der Waals surface area (Å²) in [4.78, 5) is 22.0. The first-order chi connectivity index (χ1) is 12.6. The van der Waals surface area contributed by atoms with Gasteiger partial charge in [-0.3, -0.25) is 14.9 Å². The molecule has 1 heterocycles. The van der Waals surface area contributed by atoms with Gasteiger partial charge in [-0.1, -0.05) is 18.2 Å². The molecule has 0 saturated carbocycles. The van der Waals surface area contributed by atoms with E-state index in [1.165, 1.54) is 6.92 Å². The van der Waals surface area contributed by atoms with E-state index in [-0.39, 0.29) is 40.8 Å². The number of amides is 1. The maximum atomic E-state index is 12.8. The Hall–Kier alpha value is -2.31. The molecule has 0 saturated heterocycles. The van der Waals surface area contributed by atoms with Crippen LogP contribution in [-0.4, -0.2) is 34.6 Å². The van der Waals surface area contributed by atoms with E-state index in [0.717, 1.165) is 11.1 Å².